The molecule has 1 aliphatic rings. The van der Waals surface area contributed by atoms with Gasteiger partial charge in [0.15, 0.2) is 0 Å². The van der Waals surface area contributed by atoms with E-state index in [0.29, 0.717) is 18.5 Å². The molecule has 1 aliphatic heterocycles. The largest absolute Gasteiger partial charge is 0.340 e. The minimum Gasteiger partial charge on any atom is -0.340 e. The molecule has 1 fully saturated rings. The number of amides is 1. The molecule has 14 heavy (non-hydrogen) atoms. The Morgan fingerprint density at radius 2 is 2.21 bits per heavy atom. The van der Waals surface area contributed by atoms with Crippen molar-refractivity contribution in [2.24, 2.45) is 5.73 Å². The van der Waals surface area contributed by atoms with Crippen LogP contribution in [0.3, 0.4) is 0 Å². The summed E-state index contributed by atoms with van der Waals surface area (Å²) >= 11 is 0. The summed E-state index contributed by atoms with van der Waals surface area (Å²) in [5.74, 6) is 0.325. The van der Waals surface area contributed by atoms with Gasteiger partial charge in [-0.15, -0.1) is 0 Å². The second-order valence-corrected chi connectivity index (χ2v) is 4.18. The molecule has 0 aromatic rings. The van der Waals surface area contributed by atoms with Crippen LogP contribution in [0.25, 0.3) is 0 Å². The number of carbonyl (C=O) groups is 1. The molecule has 3 heteroatoms. The van der Waals surface area contributed by atoms with Crippen LogP contribution in [-0.4, -0.2) is 29.9 Å². The standard InChI is InChI=1S/C11H22N2O/c1-10-6-3-2-4-7-11(14)13(10)9-5-8-12/h10H,2-9,12H2,1H3. The van der Waals surface area contributed by atoms with Crippen LogP contribution >= 0.6 is 0 Å². The molecule has 3 nitrogen and oxygen atoms in total. The number of rotatable bonds is 3. The monoisotopic (exact) mass is 198 g/mol. The molecule has 0 spiro atoms. The highest BCUT2D eigenvalue weighted by Crippen LogP contribution is 2.17. The molecule has 1 rings (SSSR count). The van der Waals surface area contributed by atoms with E-state index in [-0.39, 0.29) is 0 Å². The smallest absolute Gasteiger partial charge is 0.222 e. The van der Waals surface area contributed by atoms with Gasteiger partial charge in [-0.25, -0.2) is 0 Å². The Hall–Kier alpha value is -0.570. The van der Waals surface area contributed by atoms with Crippen molar-refractivity contribution in [3.8, 4) is 0 Å². The van der Waals surface area contributed by atoms with E-state index in [4.69, 9.17) is 5.73 Å². The van der Waals surface area contributed by atoms with Gasteiger partial charge in [0.25, 0.3) is 0 Å². The maximum absolute atomic E-state index is 11.8. The maximum atomic E-state index is 11.8. The van der Waals surface area contributed by atoms with Gasteiger partial charge in [0, 0.05) is 19.0 Å². The topological polar surface area (TPSA) is 46.3 Å². The fourth-order valence-corrected chi connectivity index (χ4v) is 2.04. The van der Waals surface area contributed by atoms with E-state index in [2.05, 4.69) is 6.92 Å². The lowest BCUT2D eigenvalue weighted by Gasteiger charge is -2.31. The molecule has 82 valence electrons. The molecular formula is C11H22N2O. The highest BCUT2D eigenvalue weighted by atomic mass is 16.2. The van der Waals surface area contributed by atoms with Gasteiger partial charge in [-0.2, -0.15) is 0 Å². The first-order valence-corrected chi connectivity index (χ1v) is 5.75. The van der Waals surface area contributed by atoms with Crippen molar-refractivity contribution < 1.29 is 4.79 Å². The SMILES string of the molecule is CC1CCCCCC(=O)N1CCCN. The van der Waals surface area contributed by atoms with Gasteiger partial charge in [0.05, 0.1) is 0 Å². The lowest BCUT2D eigenvalue weighted by atomic mass is 10.0. The van der Waals surface area contributed by atoms with Gasteiger partial charge < -0.3 is 10.6 Å². The van der Waals surface area contributed by atoms with Gasteiger partial charge >= 0.3 is 0 Å². The van der Waals surface area contributed by atoms with Gasteiger partial charge in [-0.1, -0.05) is 12.8 Å². The number of nitrogens with two attached hydrogens (primary N) is 1. The van der Waals surface area contributed by atoms with Crippen molar-refractivity contribution in [2.75, 3.05) is 13.1 Å². The summed E-state index contributed by atoms with van der Waals surface area (Å²) in [7, 11) is 0. The van der Waals surface area contributed by atoms with E-state index < -0.39 is 0 Å². The molecule has 0 aromatic heterocycles. The van der Waals surface area contributed by atoms with Crippen molar-refractivity contribution in [1.29, 1.82) is 0 Å². The summed E-state index contributed by atoms with van der Waals surface area (Å²) in [4.78, 5) is 13.8. The highest BCUT2D eigenvalue weighted by molar-refractivity contribution is 5.76. The van der Waals surface area contributed by atoms with E-state index in [1.165, 1.54) is 12.8 Å². The Morgan fingerprint density at radius 1 is 1.43 bits per heavy atom. The molecule has 0 saturated carbocycles. The van der Waals surface area contributed by atoms with Crippen LogP contribution in [0.1, 0.15) is 45.4 Å². The zero-order valence-corrected chi connectivity index (χ0v) is 9.17. The third kappa shape index (κ3) is 3.29. The normalized spacial score (nSPS) is 24.6. The van der Waals surface area contributed by atoms with Gasteiger partial charge in [-0.3, -0.25) is 4.79 Å². The predicted octanol–water partition coefficient (Wildman–Crippen LogP) is 1.52. The van der Waals surface area contributed by atoms with Crippen LogP contribution in [0.2, 0.25) is 0 Å². The van der Waals surface area contributed by atoms with Crippen molar-refractivity contribution in [3.05, 3.63) is 0 Å². The van der Waals surface area contributed by atoms with Crippen LogP contribution in [-0.2, 0) is 4.79 Å². The summed E-state index contributed by atoms with van der Waals surface area (Å²) in [5, 5.41) is 0. The Balaban J connectivity index is 2.48. The van der Waals surface area contributed by atoms with Gasteiger partial charge in [0.1, 0.15) is 0 Å². The van der Waals surface area contributed by atoms with E-state index in [9.17, 15) is 4.79 Å². The summed E-state index contributed by atoms with van der Waals surface area (Å²) < 4.78 is 0. The van der Waals surface area contributed by atoms with E-state index >= 15 is 0 Å². The lowest BCUT2D eigenvalue weighted by molar-refractivity contribution is -0.134. The summed E-state index contributed by atoms with van der Waals surface area (Å²) in [6.45, 7) is 3.67. The Kier molecular flexibility index (Phi) is 4.94. The molecule has 0 radical (unpaired) electrons. The molecular weight excluding hydrogens is 176 g/mol. The number of carbonyl (C=O) groups excluding carboxylic acids is 1. The Morgan fingerprint density at radius 3 is 2.93 bits per heavy atom. The molecule has 1 amide bonds. The molecule has 1 saturated heterocycles. The number of likely N-dealkylation sites (tertiary alicyclic amines) is 1. The first-order chi connectivity index (χ1) is 6.75. The maximum Gasteiger partial charge on any atom is 0.222 e. The molecule has 0 bridgehead atoms. The highest BCUT2D eigenvalue weighted by Gasteiger charge is 2.20. The fourth-order valence-electron chi connectivity index (χ4n) is 2.04. The molecule has 1 heterocycles. The van der Waals surface area contributed by atoms with E-state index in [0.717, 1.165) is 32.2 Å². The van der Waals surface area contributed by atoms with Gasteiger partial charge in [-0.05, 0) is 32.7 Å². The number of hydrogen-bond donors (Lipinski definition) is 1. The minimum atomic E-state index is 0.325. The van der Waals surface area contributed by atoms with E-state index in [1.54, 1.807) is 0 Å². The van der Waals surface area contributed by atoms with Crippen molar-refractivity contribution in [1.82, 2.24) is 4.90 Å². The van der Waals surface area contributed by atoms with Crippen molar-refractivity contribution >= 4 is 5.91 Å². The second kappa shape index (κ2) is 6.02. The molecule has 1 atom stereocenters. The fraction of sp³-hybridized carbons (Fsp3) is 0.909. The molecule has 0 aliphatic carbocycles. The number of hydrogen-bond acceptors (Lipinski definition) is 2. The molecule has 2 N–H and O–H groups in total. The van der Waals surface area contributed by atoms with Crippen LogP contribution in [0.15, 0.2) is 0 Å². The first-order valence-electron chi connectivity index (χ1n) is 5.75. The quantitative estimate of drug-likeness (QED) is 0.747. The third-order valence-electron chi connectivity index (χ3n) is 2.97. The lowest BCUT2D eigenvalue weighted by Crippen LogP contribution is -2.40. The first kappa shape index (κ1) is 11.5. The van der Waals surface area contributed by atoms with Crippen molar-refractivity contribution in [3.63, 3.8) is 0 Å². The second-order valence-electron chi connectivity index (χ2n) is 4.18. The Labute approximate surface area is 86.6 Å². The predicted molar refractivity (Wildman–Crippen MR) is 57.9 cm³/mol. The van der Waals surface area contributed by atoms with Crippen LogP contribution in [0.5, 0.6) is 0 Å². The molecule has 1 unspecified atom stereocenters. The average Bonchev–Trinajstić information content (AvgIpc) is 2.15. The zero-order valence-electron chi connectivity index (χ0n) is 9.17. The van der Waals surface area contributed by atoms with Gasteiger partial charge in [0.2, 0.25) is 5.91 Å². The molecule has 0 aromatic carbocycles. The summed E-state index contributed by atoms with van der Waals surface area (Å²) in [5.41, 5.74) is 5.47. The minimum absolute atomic E-state index is 0.325. The third-order valence-corrected chi connectivity index (χ3v) is 2.97. The van der Waals surface area contributed by atoms with Crippen molar-refractivity contribution in [2.45, 2.75) is 51.5 Å². The Bertz CT molecular complexity index is 182. The number of nitrogens with zero attached hydrogens (tertiary/aromatic N) is 1. The average molecular weight is 198 g/mol. The van der Waals surface area contributed by atoms with Crippen LogP contribution < -0.4 is 5.73 Å². The van der Waals surface area contributed by atoms with Crippen LogP contribution in [0, 0.1) is 0 Å². The zero-order chi connectivity index (χ0) is 10.4. The summed E-state index contributed by atoms with van der Waals surface area (Å²) in [6, 6.07) is 0.411. The summed E-state index contributed by atoms with van der Waals surface area (Å²) in [6.07, 6.45) is 6.33. The van der Waals surface area contributed by atoms with E-state index in [1.807, 2.05) is 4.90 Å². The van der Waals surface area contributed by atoms with Crippen LogP contribution in [0.4, 0.5) is 0 Å².